The molecule has 0 aliphatic rings. The zero-order valence-electron chi connectivity index (χ0n) is 19.7. The molecule has 161 valence electrons. The minimum Gasteiger partial charge on any atom is -0.349 e. The molecule has 1 radical (unpaired) electrons. The summed E-state index contributed by atoms with van der Waals surface area (Å²) in [6.07, 6.45) is 20.9. The van der Waals surface area contributed by atoms with Crippen molar-refractivity contribution in [1.82, 2.24) is 9.80 Å². The molecule has 0 aromatic carbocycles. The molecule has 4 heteroatoms. The van der Waals surface area contributed by atoms with E-state index in [4.69, 9.17) is 4.99 Å². The molecule has 0 atom stereocenters. The Morgan fingerprint density at radius 1 is 0.667 bits per heavy atom. The average molecular weight is 397 g/mol. The zero-order valence-corrected chi connectivity index (χ0v) is 20.7. The third kappa shape index (κ3) is 17.3. The van der Waals surface area contributed by atoms with Gasteiger partial charge in [-0.1, -0.05) is 103 Å². The lowest BCUT2D eigenvalue weighted by Gasteiger charge is -2.27. The molecular weight excluding hydrogens is 346 g/mol. The molecule has 0 saturated carbocycles. The quantitative estimate of drug-likeness (QED) is 0.119. The van der Waals surface area contributed by atoms with Crippen LogP contribution in [0.1, 0.15) is 96.8 Å². The van der Waals surface area contributed by atoms with Crippen LogP contribution in [0.25, 0.3) is 0 Å². The highest BCUT2D eigenvalue weighted by atomic mass is 28.3. The summed E-state index contributed by atoms with van der Waals surface area (Å²) in [5.41, 5.74) is 0. The van der Waals surface area contributed by atoms with Crippen LogP contribution in [0.3, 0.4) is 0 Å². The van der Waals surface area contributed by atoms with Crippen molar-refractivity contribution >= 4 is 14.8 Å². The van der Waals surface area contributed by atoms with E-state index in [1.807, 2.05) is 0 Å². The largest absolute Gasteiger partial charge is 0.349 e. The van der Waals surface area contributed by atoms with E-state index in [1.54, 1.807) is 0 Å². The van der Waals surface area contributed by atoms with Gasteiger partial charge in [-0.15, -0.1) is 0 Å². The summed E-state index contributed by atoms with van der Waals surface area (Å²) in [4.78, 5) is 9.35. The maximum atomic E-state index is 4.86. The summed E-state index contributed by atoms with van der Waals surface area (Å²) in [5.74, 6) is 1.15. The molecule has 0 heterocycles. The number of unbranched alkanes of at least 4 members (excludes halogenated alkanes) is 13. The van der Waals surface area contributed by atoms with Gasteiger partial charge >= 0.3 is 0 Å². The first kappa shape index (κ1) is 26.5. The van der Waals surface area contributed by atoms with Gasteiger partial charge in [-0.2, -0.15) is 0 Å². The van der Waals surface area contributed by atoms with Crippen LogP contribution in [0.4, 0.5) is 0 Å². The first-order valence-electron chi connectivity index (χ1n) is 11.7. The van der Waals surface area contributed by atoms with Crippen LogP contribution >= 0.6 is 0 Å². The monoisotopic (exact) mass is 396 g/mol. The standard InChI is InChI=1S/C23H50N3Si/c1-7-8-9-10-11-12-13-14-15-16-17-18-19-20-21-24-23(25(2)3)26(4)22-27(5)6/h7-22H2,1-6H3. The molecule has 0 saturated heterocycles. The van der Waals surface area contributed by atoms with E-state index in [2.05, 4.69) is 51.0 Å². The van der Waals surface area contributed by atoms with Crippen LogP contribution in [0.15, 0.2) is 4.99 Å². The highest BCUT2D eigenvalue weighted by molar-refractivity contribution is 6.56. The van der Waals surface area contributed by atoms with E-state index < -0.39 is 0 Å². The highest BCUT2D eigenvalue weighted by Gasteiger charge is 2.10. The normalized spacial score (nSPS) is 12.0. The molecule has 3 nitrogen and oxygen atoms in total. The topological polar surface area (TPSA) is 18.8 Å². The fourth-order valence-electron chi connectivity index (χ4n) is 3.63. The van der Waals surface area contributed by atoms with E-state index in [-0.39, 0.29) is 8.80 Å². The van der Waals surface area contributed by atoms with E-state index in [0.717, 1.165) is 12.5 Å². The lowest BCUT2D eigenvalue weighted by Crippen LogP contribution is -2.42. The van der Waals surface area contributed by atoms with Crippen molar-refractivity contribution in [1.29, 1.82) is 0 Å². The van der Waals surface area contributed by atoms with Gasteiger partial charge in [0.25, 0.3) is 0 Å². The summed E-state index contributed by atoms with van der Waals surface area (Å²) in [7, 11) is 6.15. The van der Waals surface area contributed by atoms with Crippen LogP contribution < -0.4 is 0 Å². The predicted octanol–water partition coefficient (Wildman–Crippen LogP) is 6.61. The van der Waals surface area contributed by atoms with Gasteiger partial charge in [0.05, 0.1) is 8.80 Å². The van der Waals surface area contributed by atoms with Gasteiger partial charge in [-0.25, -0.2) is 0 Å². The number of hydrogen-bond acceptors (Lipinski definition) is 1. The second-order valence-electron chi connectivity index (χ2n) is 8.74. The molecule has 0 rings (SSSR count). The van der Waals surface area contributed by atoms with Gasteiger partial charge < -0.3 is 9.80 Å². The molecule has 0 aliphatic heterocycles. The molecule has 0 aromatic rings. The summed E-state index contributed by atoms with van der Waals surface area (Å²) < 4.78 is 0. The Hall–Kier alpha value is -0.513. The van der Waals surface area contributed by atoms with Crippen molar-refractivity contribution < 1.29 is 0 Å². The number of aliphatic imine (C=N–C) groups is 1. The van der Waals surface area contributed by atoms with Crippen molar-refractivity contribution in [2.24, 2.45) is 4.99 Å². The maximum Gasteiger partial charge on any atom is 0.195 e. The minimum atomic E-state index is -0.252. The SMILES string of the molecule is CCCCCCCCCCCCCCCCN=C(N(C)C)N(C)C[Si](C)C. The van der Waals surface area contributed by atoms with E-state index in [0.29, 0.717) is 0 Å². The maximum absolute atomic E-state index is 4.86. The Kier molecular flexibility index (Phi) is 18.5. The van der Waals surface area contributed by atoms with Crippen LogP contribution in [0.2, 0.25) is 13.1 Å². The van der Waals surface area contributed by atoms with Crippen molar-refractivity contribution in [3.8, 4) is 0 Å². The average Bonchev–Trinajstić information content (AvgIpc) is 2.60. The number of rotatable bonds is 17. The van der Waals surface area contributed by atoms with E-state index in [9.17, 15) is 0 Å². The van der Waals surface area contributed by atoms with Gasteiger partial charge in [0.2, 0.25) is 0 Å². The zero-order chi connectivity index (χ0) is 20.3. The number of hydrogen-bond donors (Lipinski definition) is 0. The third-order valence-electron chi connectivity index (χ3n) is 5.06. The minimum absolute atomic E-state index is 0.252. The number of guanidine groups is 1. The van der Waals surface area contributed by atoms with Gasteiger partial charge in [-0.3, -0.25) is 4.99 Å². The second kappa shape index (κ2) is 18.8. The Morgan fingerprint density at radius 3 is 1.44 bits per heavy atom. The Labute approximate surface area is 173 Å². The summed E-state index contributed by atoms with van der Waals surface area (Å²) in [6, 6.07) is 0. The lowest BCUT2D eigenvalue weighted by molar-refractivity contribution is 0.461. The Morgan fingerprint density at radius 2 is 1.07 bits per heavy atom. The van der Waals surface area contributed by atoms with E-state index >= 15 is 0 Å². The van der Waals surface area contributed by atoms with Gasteiger partial charge in [-0.05, 0) is 6.42 Å². The Balaban J connectivity index is 3.54. The third-order valence-corrected chi connectivity index (χ3v) is 6.17. The summed E-state index contributed by atoms with van der Waals surface area (Å²) >= 11 is 0. The predicted molar refractivity (Wildman–Crippen MR) is 126 cm³/mol. The molecule has 0 aromatic heterocycles. The van der Waals surface area contributed by atoms with Gasteiger partial charge in [0, 0.05) is 33.9 Å². The fourth-order valence-corrected chi connectivity index (χ4v) is 4.72. The molecule has 0 bridgehead atoms. The van der Waals surface area contributed by atoms with Crippen LogP contribution in [-0.4, -0.2) is 58.4 Å². The van der Waals surface area contributed by atoms with Crippen LogP contribution in [0.5, 0.6) is 0 Å². The van der Waals surface area contributed by atoms with Crippen molar-refractivity contribution in [2.45, 2.75) is 110 Å². The smallest absolute Gasteiger partial charge is 0.195 e. The summed E-state index contributed by atoms with van der Waals surface area (Å²) in [5, 5.41) is 0. The molecule has 0 unspecified atom stereocenters. The molecule has 0 N–H and O–H groups in total. The number of nitrogens with zero attached hydrogens (tertiary/aromatic N) is 3. The molecule has 0 aliphatic carbocycles. The van der Waals surface area contributed by atoms with Crippen LogP contribution in [0, 0.1) is 0 Å². The van der Waals surface area contributed by atoms with Crippen molar-refractivity contribution in [2.75, 3.05) is 33.9 Å². The van der Waals surface area contributed by atoms with Crippen LogP contribution in [-0.2, 0) is 0 Å². The first-order valence-corrected chi connectivity index (χ1v) is 14.4. The molecule has 0 fully saturated rings. The summed E-state index contributed by atoms with van der Waals surface area (Å²) in [6.45, 7) is 8.00. The van der Waals surface area contributed by atoms with Crippen molar-refractivity contribution in [3.05, 3.63) is 0 Å². The Bertz CT molecular complexity index is 343. The molecule has 0 spiro atoms. The molecule has 0 amide bonds. The molecular formula is C23H50N3Si. The molecule has 27 heavy (non-hydrogen) atoms. The fraction of sp³-hybridized carbons (Fsp3) is 0.957. The first-order chi connectivity index (χ1) is 13.0. The van der Waals surface area contributed by atoms with Gasteiger partial charge in [0.15, 0.2) is 5.96 Å². The van der Waals surface area contributed by atoms with Crippen molar-refractivity contribution in [3.63, 3.8) is 0 Å². The lowest BCUT2D eigenvalue weighted by atomic mass is 10.0. The van der Waals surface area contributed by atoms with Gasteiger partial charge in [0.1, 0.15) is 0 Å². The van der Waals surface area contributed by atoms with E-state index in [1.165, 1.54) is 96.1 Å². The highest BCUT2D eigenvalue weighted by Crippen LogP contribution is 2.13. The second-order valence-corrected chi connectivity index (χ2v) is 11.5.